The number of fused-ring (bicyclic) bond motifs is 1. The van der Waals surface area contributed by atoms with Gasteiger partial charge in [0.05, 0.1) is 13.7 Å². The van der Waals surface area contributed by atoms with Gasteiger partial charge in [0.15, 0.2) is 6.29 Å². The van der Waals surface area contributed by atoms with Gasteiger partial charge in [-0.2, -0.15) is 0 Å². The molecule has 0 saturated carbocycles. The van der Waals surface area contributed by atoms with Gasteiger partial charge in [-0.05, 0) is 18.9 Å². The average Bonchev–Trinajstić information content (AvgIpc) is 2.76. The molecule has 0 bridgehead atoms. The van der Waals surface area contributed by atoms with E-state index in [-0.39, 0.29) is 24.3 Å². The Labute approximate surface area is 123 Å². The third kappa shape index (κ3) is 3.09. The van der Waals surface area contributed by atoms with E-state index in [1.54, 1.807) is 6.08 Å². The van der Waals surface area contributed by atoms with E-state index >= 15 is 0 Å². The largest absolute Gasteiger partial charge is 0.478 e. The summed E-state index contributed by atoms with van der Waals surface area (Å²) in [7, 11) is 1.34. The topological polar surface area (TPSA) is 54.0 Å². The Kier molecular flexibility index (Phi) is 4.22. The van der Waals surface area contributed by atoms with Crippen LogP contribution in [0.3, 0.4) is 0 Å². The summed E-state index contributed by atoms with van der Waals surface area (Å²) in [4.78, 5) is 11.6. The molecule has 1 aromatic carbocycles. The molecule has 1 saturated heterocycles. The van der Waals surface area contributed by atoms with Crippen molar-refractivity contribution in [1.82, 2.24) is 0 Å². The maximum Gasteiger partial charge on any atom is 0.372 e. The summed E-state index contributed by atoms with van der Waals surface area (Å²) >= 11 is 0. The van der Waals surface area contributed by atoms with Crippen LogP contribution in [0.1, 0.15) is 24.7 Å². The number of allylic oxidation sites excluding steroid dienone is 1. The molecule has 5 heteroatoms. The molecule has 112 valence electrons. The summed E-state index contributed by atoms with van der Waals surface area (Å²) < 4.78 is 22.1. The molecule has 2 heterocycles. The van der Waals surface area contributed by atoms with E-state index in [9.17, 15) is 4.79 Å². The molecular weight excluding hydrogens is 272 g/mol. The fraction of sp³-hybridized carbons (Fsp3) is 0.438. The van der Waals surface area contributed by atoms with E-state index in [1.165, 1.54) is 7.11 Å². The van der Waals surface area contributed by atoms with Gasteiger partial charge >= 0.3 is 5.97 Å². The number of carbonyl (C=O) groups excluding carboxylic acids is 1. The summed E-state index contributed by atoms with van der Waals surface area (Å²) in [5, 5.41) is 0. The van der Waals surface area contributed by atoms with Crippen LogP contribution in [0.4, 0.5) is 0 Å². The predicted molar refractivity (Wildman–Crippen MR) is 74.2 cm³/mol. The second-order valence-corrected chi connectivity index (χ2v) is 5.04. The smallest absolute Gasteiger partial charge is 0.372 e. The first-order valence-electron chi connectivity index (χ1n) is 7.05. The number of methoxy groups -OCH3 is 1. The molecule has 0 aliphatic carbocycles. The second kappa shape index (κ2) is 6.28. The summed E-state index contributed by atoms with van der Waals surface area (Å²) in [6, 6.07) is 9.81. The highest BCUT2D eigenvalue weighted by Gasteiger charge is 2.36. The minimum atomic E-state index is -0.458. The Morgan fingerprint density at radius 3 is 2.81 bits per heavy atom. The van der Waals surface area contributed by atoms with E-state index < -0.39 is 5.97 Å². The Balaban J connectivity index is 1.68. The highest BCUT2D eigenvalue weighted by Crippen LogP contribution is 2.32. The lowest BCUT2D eigenvalue weighted by Gasteiger charge is -2.35. The van der Waals surface area contributed by atoms with Crippen molar-refractivity contribution in [2.24, 2.45) is 0 Å². The fourth-order valence-electron chi connectivity index (χ4n) is 2.55. The summed E-state index contributed by atoms with van der Waals surface area (Å²) in [6.07, 6.45) is 2.51. The minimum absolute atomic E-state index is 0.0950. The molecule has 1 aromatic rings. The zero-order chi connectivity index (χ0) is 14.7. The van der Waals surface area contributed by atoms with Crippen molar-refractivity contribution >= 4 is 5.97 Å². The van der Waals surface area contributed by atoms with E-state index in [0.29, 0.717) is 13.0 Å². The Bertz CT molecular complexity index is 525. The van der Waals surface area contributed by atoms with Gasteiger partial charge < -0.3 is 18.9 Å². The maximum atomic E-state index is 11.6. The van der Waals surface area contributed by atoms with Crippen LogP contribution in [0.15, 0.2) is 42.2 Å². The predicted octanol–water partition coefficient (Wildman–Crippen LogP) is 2.34. The Morgan fingerprint density at radius 2 is 2.05 bits per heavy atom. The highest BCUT2D eigenvalue weighted by molar-refractivity contribution is 5.86. The number of carbonyl (C=O) groups is 1. The van der Waals surface area contributed by atoms with Gasteiger partial charge in [0, 0.05) is 5.56 Å². The molecule has 21 heavy (non-hydrogen) atoms. The lowest BCUT2D eigenvalue weighted by Crippen LogP contribution is -2.41. The van der Waals surface area contributed by atoms with E-state index in [1.807, 2.05) is 30.3 Å². The van der Waals surface area contributed by atoms with Gasteiger partial charge in [-0.15, -0.1) is 0 Å². The zero-order valence-electron chi connectivity index (χ0n) is 11.9. The van der Waals surface area contributed by atoms with Gasteiger partial charge in [0.2, 0.25) is 5.76 Å². The first-order chi connectivity index (χ1) is 10.3. The molecule has 0 unspecified atom stereocenters. The first kappa shape index (κ1) is 14.1. The van der Waals surface area contributed by atoms with E-state index in [2.05, 4.69) is 0 Å². The molecule has 3 atom stereocenters. The van der Waals surface area contributed by atoms with Gasteiger partial charge in [-0.1, -0.05) is 30.3 Å². The van der Waals surface area contributed by atoms with Crippen molar-refractivity contribution < 1.29 is 23.7 Å². The molecule has 2 aliphatic heterocycles. The second-order valence-electron chi connectivity index (χ2n) is 5.04. The van der Waals surface area contributed by atoms with Gasteiger partial charge in [-0.3, -0.25) is 0 Å². The number of esters is 1. The molecule has 0 radical (unpaired) electrons. The first-order valence-corrected chi connectivity index (χ1v) is 7.05. The third-order valence-corrected chi connectivity index (χ3v) is 3.64. The zero-order valence-corrected chi connectivity index (χ0v) is 11.9. The van der Waals surface area contributed by atoms with Crippen LogP contribution in [0.2, 0.25) is 0 Å². The Morgan fingerprint density at radius 1 is 1.24 bits per heavy atom. The van der Waals surface area contributed by atoms with Crippen LogP contribution in [0.5, 0.6) is 0 Å². The van der Waals surface area contributed by atoms with Crippen molar-refractivity contribution in [2.45, 2.75) is 31.3 Å². The minimum Gasteiger partial charge on any atom is -0.478 e. The van der Waals surface area contributed by atoms with Gasteiger partial charge in [-0.25, -0.2) is 4.79 Å². The van der Waals surface area contributed by atoms with Crippen molar-refractivity contribution in [3.05, 3.63) is 47.7 Å². The van der Waals surface area contributed by atoms with Crippen LogP contribution in [0, 0.1) is 0 Å². The average molecular weight is 290 g/mol. The normalized spacial score (nSPS) is 28.6. The monoisotopic (exact) mass is 290 g/mol. The number of hydrogen-bond acceptors (Lipinski definition) is 5. The molecular formula is C16H18O5. The lowest BCUT2D eigenvalue weighted by molar-refractivity contribution is -0.259. The molecule has 0 N–H and O–H groups in total. The van der Waals surface area contributed by atoms with E-state index in [4.69, 9.17) is 18.9 Å². The highest BCUT2D eigenvalue weighted by atomic mass is 16.7. The fourth-order valence-corrected chi connectivity index (χ4v) is 2.55. The lowest BCUT2D eigenvalue weighted by atomic mass is 10.1. The number of ether oxygens (including phenoxy) is 4. The summed E-state index contributed by atoms with van der Waals surface area (Å²) in [5.41, 5.74) is 0.987. The molecule has 1 fully saturated rings. The third-order valence-electron chi connectivity index (χ3n) is 3.64. The van der Waals surface area contributed by atoms with Gasteiger partial charge in [0.25, 0.3) is 0 Å². The Hall–Kier alpha value is -1.85. The number of hydrogen-bond donors (Lipinski definition) is 0. The standard InChI is InChI=1S/C16H18O5/c1-18-15(17)13-9-5-8-12-14(20-13)10-19-16(21-12)11-6-3-2-4-7-11/h2-4,6-7,9,12,14,16H,5,8,10H2,1H3/t12-,14+,16+/m1/s1. The van der Waals surface area contributed by atoms with Crippen molar-refractivity contribution in [3.63, 3.8) is 0 Å². The number of rotatable bonds is 2. The van der Waals surface area contributed by atoms with Crippen LogP contribution in [-0.4, -0.2) is 31.9 Å². The maximum absolute atomic E-state index is 11.6. The molecule has 0 amide bonds. The molecule has 5 nitrogen and oxygen atoms in total. The van der Waals surface area contributed by atoms with Crippen molar-refractivity contribution in [1.29, 1.82) is 0 Å². The molecule has 3 rings (SSSR count). The van der Waals surface area contributed by atoms with Crippen LogP contribution >= 0.6 is 0 Å². The number of benzene rings is 1. The van der Waals surface area contributed by atoms with Crippen LogP contribution < -0.4 is 0 Å². The van der Waals surface area contributed by atoms with Crippen molar-refractivity contribution in [3.8, 4) is 0 Å². The van der Waals surface area contributed by atoms with Crippen molar-refractivity contribution in [2.75, 3.05) is 13.7 Å². The molecule has 0 spiro atoms. The molecule has 0 aromatic heterocycles. The van der Waals surface area contributed by atoms with Gasteiger partial charge in [0.1, 0.15) is 12.2 Å². The van der Waals surface area contributed by atoms with E-state index in [0.717, 1.165) is 12.0 Å². The van der Waals surface area contributed by atoms with Crippen LogP contribution in [-0.2, 0) is 23.7 Å². The van der Waals surface area contributed by atoms with Crippen LogP contribution in [0.25, 0.3) is 0 Å². The quantitative estimate of drug-likeness (QED) is 0.783. The SMILES string of the molecule is COC(=O)C1=CCC[C@H]2O[C@@H](c3ccccc3)OC[C@@H]2O1. The summed E-state index contributed by atoms with van der Waals surface area (Å²) in [5.74, 6) is -0.212. The summed E-state index contributed by atoms with van der Waals surface area (Å²) in [6.45, 7) is 0.387. The molecule has 2 aliphatic rings.